The summed E-state index contributed by atoms with van der Waals surface area (Å²) in [6.07, 6.45) is 13.3. The van der Waals surface area contributed by atoms with Crippen molar-refractivity contribution in [2.75, 3.05) is 44.2 Å². The maximum Gasteiger partial charge on any atom is 0.229 e. The lowest BCUT2D eigenvalue weighted by atomic mass is 9.75. The topological polar surface area (TPSA) is 65.8 Å². The van der Waals surface area contributed by atoms with E-state index in [1.54, 1.807) is 0 Å². The first-order valence-electron chi connectivity index (χ1n) is 12.9. The Morgan fingerprint density at radius 3 is 2.53 bits per heavy atom. The molecular formula is C25H36N6O. The number of hydrogen-bond donors (Lipinski definition) is 1. The average Bonchev–Trinajstić information content (AvgIpc) is 3.15. The molecule has 0 bridgehead atoms. The van der Waals surface area contributed by atoms with Gasteiger partial charge < -0.3 is 15.1 Å². The number of nitrogens with zero attached hydrogens (tertiary/aromatic N) is 5. The Bertz CT molecular complexity index is 966. The van der Waals surface area contributed by atoms with Gasteiger partial charge in [-0.1, -0.05) is 32.1 Å². The normalized spacial score (nSPS) is 23.8. The van der Waals surface area contributed by atoms with Crippen LogP contribution in [0.1, 0.15) is 56.2 Å². The first kappa shape index (κ1) is 20.5. The van der Waals surface area contributed by atoms with Crippen molar-refractivity contribution >= 4 is 17.4 Å². The van der Waals surface area contributed by atoms with E-state index in [9.17, 15) is 4.79 Å². The summed E-state index contributed by atoms with van der Waals surface area (Å²) in [5, 5.41) is 8.06. The molecule has 2 aromatic heterocycles. The fourth-order valence-electron chi connectivity index (χ4n) is 6.60. The van der Waals surface area contributed by atoms with Gasteiger partial charge in [0.05, 0.1) is 17.8 Å². The number of rotatable bonds is 3. The number of amides is 1. The molecule has 4 aliphatic rings. The standard InChI is InChI=1S/C25H36N6O/c32-25(29-14-9-19(10-15-29)18-4-2-1-3-5-18)20-16-30(17-20)24-21-6-11-26-12-7-22(21)28-23-8-13-27-31(23)24/h8,13,18-20,26H,1-7,9-12,14-17H2. The number of nitrogens with one attached hydrogen (secondary N) is 1. The highest BCUT2D eigenvalue weighted by Gasteiger charge is 2.39. The maximum atomic E-state index is 13.3. The molecule has 0 unspecified atom stereocenters. The molecule has 0 spiro atoms. The Hall–Kier alpha value is -2.15. The van der Waals surface area contributed by atoms with E-state index in [1.165, 1.54) is 62.0 Å². The quantitative estimate of drug-likeness (QED) is 0.801. The second kappa shape index (κ2) is 8.65. The molecule has 5 heterocycles. The zero-order chi connectivity index (χ0) is 21.5. The zero-order valence-electron chi connectivity index (χ0n) is 19.1. The number of carbonyl (C=O) groups excluding carboxylic acids is 1. The summed E-state index contributed by atoms with van der Waals surface area (Å²) in [5.74, 6) is 3.44. The van der Waals surface area contributed by atoms with Gasteiger partial charge in [-0.25, -0.2) is 4.98 Å². The Kier molecular flexibility index (Phi) is 5.53. The van der Waals surface area contributed by atoms with Crippen molar-refractivity contribution in [3.05, 3.63) is 23.5 Å². The van der Waals surface area contributed by atoms with Crippen LogP contribution in [-0.2, 0) is 17.6 Å². The van der Waals surface area contributed by atoms with E-state index >= 15 is 0 Å². The Morgan fingerprint density at radius 1 is 0.969 bits per heavy atom. The molecule has 3 aliphatic heterocycles. The van der Waals surface area contributed by atoms with Gasteiger partial charge in [-0.2, -0.15) is 9.61 Å². The smallest absolute Gasteiger partial charge is 0.229 e. The van der Waals surface area contributed by atoms with E-state index in [-0.39, 0.29) is 5.92 Å². The third-order valence-electron chi connectivity index (χ3n) is 8.48. The highest BCUT2D eigenvalue weighted by Crippen LogP contribution is 2.37. The number of carbonyl (C=O) groups is 1. The van der Waals surface area contributed by atoms with Gasteiger partial charge in [0.1, 0.15) is 5.82 Å². The summed E-state index contributed by atoms with van der Waals surface area (Å²) in [5.41, 5.74) is 3.42. The summed E-state index contributed by atoms with van der Waals surface area (Å²) >= 11 is 0. The maximum absolute atomic E-state index is 13.3. The number of aromatic nitrogens is 3. The van der Waals surface area contributed by atoms with E-state index in [1.807, 2.05) is 16.8 Å². The van der Waals surface area contributed by atoms with Gasteiger partial charge in [0, 0.05) is 50.8 Å². The summed E-state index contributed by atoms with van der Waals surface area (Å²) in [4.78, 5) is 22.7. The van der Waals surface area contributed by atoms with Gasteiger partial charge in [-0.3, -0.25) is 4.79 Å². The lowest BCUT2D eigenvalue weighted by Gasteiger charge is -2.44. The van der Waals surface area contributed by atoms with Gasteiger partial charge in [0.25, 0.3) is 0 Å². The minimum Gasteiger partial charge on any atom is -0.354 e. The molecule has 2 saturated heterocycles. The summed E-state index contributed by atoms with van der Waals surface area (Å²) < 4.78 is 1.99. The van der Waals surface area contributed by atoms with Gasteiger partial charge >= 0.3 is 0 Å². The first-order chi connectivity index (χ1) is 15.8. The summed E-state index contributed by atoms with van der Waals surface area (Å²) in [6, 6.07) is 1.99. The van der Waals surface area contributed by atoms with Crippen LogP contribution in [0.2, 0.25) is 0 Å². The van der Waals surface area contributed by atoms with Crippen molar-refractivity contribution in [2.45, 2.75) is 57.8 Å². The minimum absolute atomic E-state index is 0.125. The predicted octanol–water partition coefficient (Wildman–Crippen LogP) is 2.67. The van der Waals surface area contributed by atoms with Crippen LogP contribution in [0, 0.1) is 17.8 Å². The number of hydrogen-bond acceptors (Lipinski definition) is 5. The van der Waals surface area contributed by atoms with Crippen molar-refractivity contribution in [1.82, 2.24) is 24.8 Å². The molecule has 7 heteroatoms. The highest BCUT2D eigenvalue weighted by atomic mass is 16.2. The molecule has 2 aromatic rings. The van der Waals surface area contributed by atoms with Crippen LogP contribution in [0.4, 0.5) is 5.82 Å². The molecule has 1 amide bonds. The molecular weight excluding hydrogens is 400 g/mol. The van der Waals surface area contributed by atoms with E-state index in [4.69, 9.17) is 4.98 Å². The predicted molar refractivity (Wildman–Crippen MR) is 125 cm³/mol. The number of likely N-dealkylation sites (tertiary alicyclic amines) is 1. The van der Waals surface area contributed by atoms with Crippen molar-refractivity contribution in [3.63, 3.8) is 0 Å². The van der Waals surface area contributed by atoms with Crippen LogP contribution in [0.25, 0.3) is 5.65 Å². The van der Waals surface area contributed by atoms with Gasteiger partial charge in [0.15, 0.2) is 5.65 Å². The summed E-state index contributed by atoms with van der Waals surface area (Å²) in [7, 11) is 0. The highest BCUT2D eigenvalue weighted by molar-refractivity contribution is 5.82. The van der Waals surface area contributed by atoms with E-state index in [0.29, 0.717) is 5.91 Å². The van der Waals surface area contributed by atoms with Crippen molar-refractivity contribution in [1.29, 1.82) is 0 Å². The molecule has 6 rings (SSSR count). The second-order valence-corrected chi connectivity index (χ2v) is 10.4. The number of piperidine rings is 1. The molecule has 0 aromatic carbocycles. The molecule has 1 saturated carbocycles. The monoisotopic (exact) mass is 436 g/mol. The molecule has 0 radical (unpaired) electrons. The zero-order valence-corrected chi connectivity index (χ0v) is 19.1. The lowest BCUT2D eigenvalue weighted by Crippen LogP contribution is -2.56. The fraction of sp³-hybridized carbons (Fsp3) is 0.720. The van der Waals surface area contributed by atoms with Crippen LogP contribution in [0.5, 0.6) is 0 Å². The van der Waals surface area contributed by atoms with Crippen molar-refractivity contribution in [2.24, 2.45) is 17.8 Å². The van der Waals surface area contributed by atoms with Crippen LogP contribution >= 0.6 is 0 Å². The van der Waals surface area contributed by atoms with E-state index in [0.717, 1.165) is 69.6 Å². The van der Waals surface area contributed by atoms with Crippen LogP contribution < -0.4 is 10.2 Å². The Morgan fingerprint density at radius 2 is 1.72 bits per heavy atom. The minimum atomic E-state index is 0.125. The Balaban J connectivity index is 1.11. The third kappa shape index (κ3) is 3.68. The number of fused-ring (bicyclic) bond motifs is 2. The SMILES string of the molecule is O=C(C1CN(c2c3c(nc4ccnn24)CCNCC3)C1)N1CCC(C2CCCCC2)CC1. The second-order valence-electron chi connectivity index (χ2n) is 10.4. The van der Waals surface area contributed by atoms with Crippen LogP contribution in [0.15, 0.2) is 12.3 Å². The molecule has 32 heavy (non-hydrogen) atoms. The molecule has 1 aliphatic carbocycles. The molecule has 3 fully saturated rings. The van der Waals surface area contributed by atoms with Crippen molar-refractivity contribution < 1.29 is 4.79 Å². The molecule has 1 N–H and O–H groups in total. The van der Waals surface area contributed by atoms with E-state index in [2.05, 4.69) is 20.2 Å². The Labute approximate surface area is 190 Å². The fourth-order valence-corrected chi connectivity index (χ4v) is 6.60. The van der Waals surface area contributed by atoms with Gasteiger partial charge in [-0.15, -0.1) is 0 Å². The lowest BCUT2D eigenvalue weighted by molar-refractivity contribution is -0.138. The third-order valence-corrected chi connectivity index (χ3v) is 8.48. The van der Waals surface area contributed by atoms with Crippen LogP contribution in [0.3, 0.4) is 0 Å². The molecule has 172 valence electrons. The van der Waals surface area contributed by atoms with Crippen LogP contribution in [-0.4, -0.2) is 64.7 Å². The molecule has 0 atom stereocenters. The number of anilines is 1. The van der Waals surface area contributed by atoms with Crippen molar-refractivity contribution in [3.8, 4) is 0 Å². The largest absolute Gasteiger partial charge is 0.354 e. The first-order valence-corrected chi connectivity index (χ1v) is 12.9. The molecule has 7 nitrogen and oxygen atoms in total. The van der Waals surface area contributed by atoms with Gasteiger partial charge in [-0.05, 0) is 37.6 Å². The van der Waals surface area contributed by atoms with Gasteiger partial charge in [0.2, 0.25) is 5.91 Å². The average molecular weight is 437 g/mol. The van der Waals surface area contributed by atoms with E-state index < -0.39 is 0 Å². The summed E-state index contributed by atoms with van der Waals surface area (Å²) in [6.45, 7) is 5.50.